The summed E-state index contributed by atoms with van der Waals surface area (Å²) < 4.78 is 55.7. The summed E-state index contributed by atoms with van der Waals surface area (Å²) >= 11 is 0. The zero-order valence-electron chi connectivity index (χ0n) is 9.80. The van der Waals surface area contributed by atoms with Crippen LogP contribution in [-0.4, -0.2) is 18.8 Å². The van der Waals surface area contributed by atoms with Crippen LogP contribution in [0, 0.1) is 5.82 Å². The molecule has 0 spiro atoms. The number of halogens is 4. The van der Waals surface area contributed by atoms with Crippen LogP contribution in [0.4, 0.5) is 17.6 Å². The molecule has 0 bridgehead atoms. The molecular weight excluding hydrogens is 252 g/mol. The van der Waals surface area contributed by atoms with Crippen molar-refractivity contribution < 1.29 is 27.4 Å². The molecule has 6 heteroatoms. The van der Waals surface area contributed by atoms with Gasteiger partial charge in [-0.2, -0.15) is 13.2 Å². The highest BCUT2D eigenvalue weighted by Crippen LogP contribution is 2.34. The molecule has 0 aliphatic rings. The van der Waals surface area contributed by atoms with Gasteiger partial charge in [0.2, 0.25) is 0 Å². The fourth-order valence-corrected chi connectivity index (χ4v) is 1.60. The molecule has 1 aromatic rings. The molecule has 102 valence electrons. The third kappa shape index (κ3) is 3.68. The molecule has 2 nitrogen and oxygen atoms in total. The van der Waals surface area contributed by atoms with Crippen LogP contribution >= 0.6 is 0 Å². The molecule has 0 heterocycles. The highest BCUT2D eigenvalue weighted by atomic mass is 19.4. The number of aliphatic hydroxyl groups excluding tert-OH is 1. The van der Waals surface area contributed by atoms with Gasteiger partial charge in [0, 0.05) is 19.3 Å². The molecular formula is C12H14F4O2. The number of ether oxygens (including phenoxy) is 1. The minimum atomic E-state index is -4.76. The summed E-state index contributed by atoms with van der Waals surface area (Å²) in [6.07, 6.45) is -5.44. The van der Waals surface area contributed by atoms with Crippen LogP contribution in [0.15, 0.2) is 18.2 Å². The molecule has 0 aliphatic heterocycles. The Hall–Kier alpha value is -1.14. The van der Waals surface area contributed by atoms with Gasteiger partial charge in [-0.05, 0) is 18.9 Å². The van der Waals surface area contributed by atoms with E-state index in [0.29, 0.717) is 19.1 Å². The SMILES string of the molecule is COCCCC(O)c1cccc(C(F)(F)F)c1F. The third-order valence-electron chi connectivity index (χ3n) is 2.52. The zero-order valence-corrected chi connectivity index (χ0v) is 9.80. The Morgan fingerprint density at radius 1 is 1.33 bits per heavy atom. The Labute approximate surface area is 102 Å². The molecule has 0 fully saturated rings. The molecule has 1 aromatic carbocycles. The molecule has 0 aromatic heterocycles. The van der Waals surface area contributed by atoms with Crippen LogP contribution in [0.1, 0.15) is 30.1 Å². The summed E-state index contributed by atoms with van der Waals surface area (Å²) in [6.45, 7) is 0.359. The van der Waals surface area contributed by atoms with Crippen molar-refractivity contribution in [3.63, 3.8) is 0 Å². The normalized spacial score (nSPS) is 13.7. The van der Waals surface area contributed by atoms with Gasteiger partial charge in [0.15, 0.2) is 0 Å². The maximum absolute atomic E-state index is 13.6. The van der Waals surface area contributed by atoms with Crippen molar-refractivity contribution in [3.05, 3.63) is 35.1 Å². The maximum atomic E-state index is 13.6. The van der Waals surface area contributed by atoms with Gasteiger partial charge in [0.05, 0.1) is 11.7 Å². The molecule has 0 amide bonds. The Morgan fingerprint density at radius 2 is 2.00 bits per heavy atom. The maximum Gasteiger partial charge on any atom is 0.419 e. The summed E-state index contributed by atoms with van der Waals surface area (Å²) in [6, 6.07) is 2.89. The van der Waals surface area contributed by atoms with Gasteiger partial charge in [-0.3, -0.25) is 0 Å². The number of aliphatic hydroxyl groups is 1. The number of alkyl halides is 3. The van der Waals surface area contributed by atoms with Crippen molar-refractivity contribution >= 4 is 0 Å². The Bertz CT molecular complexity index is 390. The van der Waals surface area contributed by atoms with Crippen LogP contribution in [0.5, 0.6) is 0 Å². The van der Waals surface area contributed by atoms with E-state index in [4.69, 9.17) is 4.74 Å². The van der Waals surface area contributed by atoms with E-state index in [2.05, 4.69) is 0 Å². The van der Waals surface area contributed by atoms with Crippen molar-refractivity contribution in [1.29, 1.82) is 0 Å². The minimum Gasteiger partial charge on any atom is -0.388 e. The topological polar surface area (TPSA) is 29.5 Å². The first-order valence-corrected chi connectivity index (χ1v) is 5.40. The number of rotatable bonds is 5. The first-order chi connectivity index (χ1) is 8.38. The Kier molecular flexibility index (Phi) is 5.10. The van der Waals surface area contributed by atoms with E-state index in [1.165, 1.54) is 7.11 Å². The standard InChI is InChI=1S/C12H14F4O2/c1-18-7-3-6-10(17)8-4-2-5-9(11(8)13)12(14,15)16/h2,4-5,10,17H,3,6-7H2,1H3. The molecule has 1 unspecified atom stereocenters. The lowest BCUT2D eigenvalue weighted by atomic mass is 10.0. The molecule has 1 N–H and O–H groups in total. The number of hydrogen-bond acceptors (Lipinski definition) is 2. The monoisotopic (exact) mass is 266 g/mol. The van der Waals surface area contributed by atoms with Crippen molar-refractivity contribution in [2.45, 2.75) is 25.1 Å². The molecule has 0 radical (unpaired) electrons. The Morgan fingerprint density at radius 3 is 2.56 bits per heavy atom. The van der Waals surface area contributed by atoms with Crippen LogP contribution < -0.4 is 0 Å². The highest BCUT2D eigenvalue weighted by molar-refractivity contribution is 5.29. The van der Waals surface area contributed by atoms with Crippen LogP contribution in [-0.2, 0) is 10.9 Å². The van der Waals surface area contributed by atoms with Crippen molar-refractivity contribution in [1.82, 2.24) is 0 Å². The number of methoxy groups -OCH3 is 1. The fraction of sp³-hybridized carbons (Fsp3) is 0.500. The molecule has 1 rings (SSSR count). The van der Waals surface area contributed by atoms with E-state index >= 15 is 0 Å². The van der Waals surface area contributed by atoms with Gasteiger partial charge in [-0.15, -0.1) is 0 Å². The second-order valence-electron chi connectivity index (χ2n) is 3.86. The molecule has 1 atom stereocenters. The van der Waals surface area contributed by atoms with E-state index in [-0.39, 0.29) is 12.0 Å². The fourth-order valence-electron chi connectivity index (χ4n) is 1.60. The van der Waals surface area contributed by atoms with E-state index in [1.807, 2.05) is 0 Å². The summed E-state index contributed by atoms with van der Waals surface area (Å²) in [7, 11) is 1.47. The molecule has 18 heavy (non-hydrogen) atoms. The van der Waals surface area contributed by atoms with E-state index in [1.54, 1.807) is 0 Å². The summed E-state index contributed by atoms with van der Waals surface area (Å²) in [5.74, 6) is -1.41. The van der Waals surface area contributed by atoms with Gasteiger partial charge >= 0.3 is 6.18 Å². The van der Waals surface area contributed by atoms with E-state index < -0.39 is 23.7 Å². The first-order valence-electron chi connectivity index (χ1n) is 5.40. The van der Waals surface area contributed by atoms with Gasteiger partial charge in [-0.1, -0.05) is 12.1 Å². The summed E-state index contributed by atoms with van der Waals surface area (Å²) in [5.41, 5.74) is -1.69. The van der Waals surface area contributed by atoms with Crippen LogP contribution in [0.2, 0.25) is 0 Å². The lowest BCUT2D eigenvalue weighted by molar-refractivity contribution is -0.140. The molecule has 0 aliphatic carbocycles. The second-order valence-corrected chi connectivity index (χ2v) is 3.86. The molecule has 0 saturated carbocycles. The van der Waals surface area contributed by atoms with E-state index in [9.17, 15) is 22.7 Å². The van der Waals surface area contributed by atoms with Gasteiger partial charge in [-0.25, -0.2) is 4.39 Å². The number of hydrogen-bond donors (Lipinski definition) is 1. The predicted molar refractivity (Wildman–Crippen MR) is 57.5 cm³/mol. The van der Waals surface area contributed by atoms with Crippen molar-refractivity contribution in [2.75, 3.05) is 13.7 Å². The lowest BCUT2D eigenvalue weighted by Gasteiger charge is -2.15. The summed E-state index contributed by atoms with van der Waals surface area (Å²) in [4.78, 5) is 0. The van der Waals surface area contributed by atoms with E-state index in [0.717, 1.165) is 12.1 Å². The van der Waals surface area contributed by atoms with Crippen molar-refractivity contribution in [2.24, 2.45) is 0 Å². The van der Waals surface area contributed by atoms with Crippen molar-refractivity contribution in [3.8, 4) is 0 Å². The van der Waals surface area contributed by atoms with Gasteiger partial charge in [0.1, 0.15) is 5.82 Å². The quantitative estimate of drug-likeness (QED) is 0.654. The number of benzene rings is 1. The average molecular weight is 266 g/mol. The predicted octanol–water partition coefficient (Wildman–Crippen LogP) is 3.30. The smallest absolute Gasteiger partial charge is 0.388 e. The minimum absolute atomic E-state index is 0.145. The van der Waals surface area contributed by atoms with Gasteiger partial charge in [0.25, 0.3) is 0 Å². The second kappa shape index (κ2) is 6.15. The third-order valence-corrected chi connectivity index (χ3v) is 2.52. The summed E-state index contributed by atoms with van der Waals surface area (Å²) in [5, 5.41) is 9.66. The first kappa shape index (κ1) is 14.9. The van der Waals surface area contributed by atoms with Gasteiger partial charge < -0.3 is 9.84 Å². The highest BCUT2D eigenvalue weighted by Gasteiger charge is 2.35. The lowest BCUT2D eigenvalue weighted by Crippen LogP contribution is -2.12. The van der Waals surface area contributed by atoms with Crippen LogP contribution in [0.25, 0.3) is 0 Å². The Balaban J connectivity index is 2.90. The average Bonchev–Trinajstić information content (AvgIpc) is 2.28. The zero-order chi connectivity index (χ0) is 13.8. The van der Waals surface area contributed by atoms with Crippen LogP contribution in [0.3, 0.4) is 0 Å². The molecule has 0 saturated heterocycles. The largest absolute Gasteiger partial charge is 0.419 e.